The third-order valence-corrected chi connectivity index (χ3v) is 5.98. The Balaban J connectivity index is 1.43. The van der Waals surface area contributed by atoms with Crippen LogP contribution < -0.4 is 5.32 Å². The molecule has 0 spiro atoms. The fourth-order valence-electron chi connectivity index (χ4n) is 4.17. The van der Waals surface area contributed by atoms with Gasteiger partial charge in [-0.15, -0.1) is 0 Å². The van der Waals surface area contributed by atoms with Gasteiger partial charge in [0.15, 0.2) is 0 Å². The molecule has 2 atom stereocenters. The number of rotatable bonds is 5. The minimum Gasteiger partial charge on any atom is -0.361 e. The van der Waals surface area contributed by atoms with Gasteiger partial charge in [-0.2, -0.15) is 0 Å². The number of nitrogens with zero attached hydrogens (tertiary/aromatic N) is 1. The highest BCUT2D eigenvalue weighted by atomic mass is 16.2. The van der Waals surface area contributed by atoms with Crippen molar-refractivity contribution in [3.63, 3.8) is 0 Å². The molecule has 1 aliphatic rings. The van der Waals surface area contributed by atoms with E-state index in [1.54, 1.807) is 0 Å². The number of hydrogen-bond acceptors (Lipinski definition) is 2. The van der Waals surface area contributed by atoms with Crippen molar-refractivity contribution in [2.24, 2.45) is 0 Å². The zero-order valence-electron chi connectivity index (χ0n) is 16.9. The molecule has 29 heavy (non-hydrogen) atoms. The van der Waals surface area contributed by atoms with Gasteiger partial charge in [0.05, 0.1) is 0 Å². The smallest absolute Gasteiger partial charge is 0.253 e. The molecule has 0 radical (unpaired) electrons. The lowest BCUT2D eigenvalue weighted by Gasteiger charge is -2.25. The number of benzene rings is 2. The molecule has 0 unspecified atom stereocenters. The first-order valence-corrected chi connectivity index (χ1v) is 10.3. The van der Waals surface area contributed by atoms with Crippen LogP contribution in [-0.2, 0) is 4.79 Å². The highest BCUT2D eigenvalue weighted by Gasteiger charge is 2.30. The van der Waals surface area contributed by atoms with Gasteiger partial charge in [0, 0.05) is 42.8 Å². The molecule has 2 N–H and O–H groups in total. The van der Waals surface area contributed by atoms with E-state index in [4.69, 9.17) is 0 Å². The summed E-state index contributed by atoms with van der Waals surface area (Å²) in [5, 5.41) is 4.24. The third-order valence-electron chi connectivity index (χ3n) is 5.98. The van der Waals surface area contributed by atoms with Crippen molar-refractivity contribution < 1.29 is 9.59 Å². The molecule has 5 heteroatoms. The van der Waals surface area contributed by atoms with E-state index >= 15 is 0 Å². The summed E-state index contributed by atoms with van der Waals surface area (Å²) in [6, 6.07) is 16.5. The number of nitrogens with one attached hydrogen (secondary N) is 2. The Morgan fingerprint density at radius 1 is 1.07 bits per heavy atom. The number of aromatic amines is 1. The predicted octanol–water partition coefficient (Wildman–Crippen LogP) is 4.35. The van der Waals surface area contributed by atoms with Gasteiger partial charge in [-0.05, 0) is 60.0 Å². The average molecular weight is 389 g/mol. The highest BCUT2D eigenvalue weighted by molar-refractivity contribution is 5.95. The Kier molecular flexibility index (Phi) is 5.38. The second-order valence-corrected chi connectivity index (χ2v) is 7.86. The number of fused-ring (bicyclic) bond motifs is 1. The maximum Gasteiger partial charge on any atom is 0.253 e. The Morgan fingerprint density at radius 2 is 1.83 bits per heavy atom. The van der Waals surface area contributed by atoms with E-state index in [1.165, 1.54) is 5.39 Å². The molecule has 2 aromatic carbocycles. The summed E-state index contributed by atoms with van der Waals surface area (Å²) in [6.07, 6.45) is 5.11. The Hall–Kier alpha value is -3.08. The molecule has 0 aliphatic heterocycles. The molecule has 0 saturated heterocycles. The van der Waals surface area contributed by atoms with Crippen LogP contribution in [0.25, 0.3) is 22.0 Å². The van der Waals surface area contributed by atoms with E-state index in [9.17, 15) is 9.59 Å². The van der Waals surface area contributed by atoms with Crippen molar-refractivity contribution in [3.8, 4) is 11.1 Å². The topological polar surface area (TPSA) is 65.2 Å². The number of carbonyl (C=O) groups is 2. The van der Waals surface area contributed by atoms with Gasteiger partial charge >= 0.3 is 0 Å². The first-order valence-electron chi connectivity index (χ1n) is 10.3. The van der Waals surface area contributed by atoms with Crippen LogP contribution in [0.3, 0.4) is 0 Å². The van der Waals surface area contributed by atoms with Crippen molar-refractivity contribution in [2.45, 2.75) is 44.7 Å². The van der Waals surface area contributed by atoms with Crippen molar-refractivity contribution in [1.29, 1.82) is 0 Å². The molecule has 1 aliphatic carbocycles. The Morgan fingerprint density at radius 3 is 2.59 bits per heavy atom. The van der Waals surface area contributed by atoms with Gasteiger partial charge in [-0.3, -0.25) is 9.59 Å². The number of hydrogen-bond donors (Lipinski definition) is 2. The van der Waals surface area contributed by atoms with Crippen LogP contribution in [0.5, 0.6) is 0 Å². The van der Waals surface area contributed by atoms with Gasteiger partial charge in [0.25, 0.3) is 5.91 Å². The maximum absolute atomic E-state index is 12.9. The quantitative estimate of drug-likeness (QED) is 0.681. The molecule has 1 saturated carbocycles. The lowest BCUT2D eigenvalue weighted by atomic mass is 10.0. The molecule has 5 nitrogen and oxygen atoms in total. The van der Waals surface area contributed by atoms with Gasteiger partial charge in [0.2, 0.25) is 5.91 Å². The fraction of sp³-hybridized carbons (Fsp3) is 0.333. The first-order chi connectivity index (χ1) is 14.0. The van der Waals surface area contributed by atoms with Crippen LogP contribution in [0.1, 0.15) is 43.0 Å². The minimum absolute atomic E-state index is 0.0313. The van der Waals surface area contributed by atoms with E-state index in [-0.39, 0.29) is 23.9 Å². The Labute approximate surface area is 171 Å². The first kappa shape index (κ1) is 19.2. The molecule has 4 rings (SSSR count). The van der Waals surface area contributed by atoms with Crippen LogP contribution >= 0.6 is 0 Å². The lowest BCUT2D eigenvalue weighted by Crippen LogP contribution is -2.38. The van der Waals surface area contributed by atoms with E-state index in [0.29, 0.717) is 12.0 Å². The van der Waals surface area contributed by atoms with Crippen molar-refractivity contribution in [3.05, 3.63) is 60.3 Å². The summed E-state index contributed by atoms with van der Waals surface area (Å²) < 4.78 is 0. The monoisotopic (exact) mass is 389 g/mol. The van der Waals surface area contributed by atoms with Crippen molar-refractivity contribution in [2.75, 3.05) is 7.05 Å². The van der Waals surface area contributed by atoms with Crippen LogP contribution in [0.15, 0.2) is 54.7 Å². The summed E-state index contributed by atoms with van der Waals surface area (Å²) in [4.78, 5) is 29.6. The summed E-state index contributed by atoms with van der Waals surface area (Å²) in [6.45, 7) is 1.86. The van der Waals surface area contributed by atoms with Gasteiger partial charge < -0.3 is 15.2 Å². The fourth-order valence-corrected chi connectivity index (χ4v) is 4.17. The summed E-state index contributed by atoms with van der Waals surface area (Å²) in [7, 11) is 1.87. The lowest BCUT2D eigenvalue weighted by molar-refractivity contribution is -0.121. The predicted molar refractivity (Wildman–Crippen MR) is 116 cm³/mol. The SMILES string of the molecule is CCC(=O)N[C@H]1CC[C@@H](N(C)C(=O)c2ccc(-c3ccc4cc[nH]c4c3)cc2)C1. The van der Waals surface area contributed by atoms with E-state index in [2.05, 4.69) is 34.6 Å². The molecule has 0 bridgehead atoms. The molecule has 1 fully saturated rings. The zero-order valence-corrected chi connectivity index (χ0v) is 16.9. The number of amides is 2. The second-order valence-electron chi connectivity index (χ2n) is 7.86. The number of H-pyrrole nitrogens is 1. The summed E-state index contributed by atoms with van der Waals surface area (Å²) >= 11 is 0. The third kappa shape index (κ3) is 4.04. The number of carbonyl (C=O) groups excluding carboxylic acids is 2. The molecule has 3 aromatic rings. The zero-order chi connectivity index (χ0) is 20.4. The van der Waals surface area contributed by atoms with E-state index in [0.717, 1.165) is 35.9 Å². The molecule has 150 valence electrons. The average Bonchev–Trinajstić information content (AvgIpc) is 3.41. The van der Waals surface area contributed by atoms with Crippen molar-refractivity contribution >= 4 is 22.7 Å². The largest absolute Gasteiger partial charge is 0.361 e. The van der Waals surface area contributed by atoms with Gasteiger partial charge in [0.1, 0.15) is 0 Å². The van der Waals surface area contributed by atoms with Gasteiger partial charge in [-0.25, -0.2) is 0 Å². The Bertz CT molecular complexity index is 1020. The maximum atomic E-state index is 12.9. The van der Waals surface area contributed by atoms with Crippen LogP contribution in [0.2, 0.25) is 0 Å². The molecule has 2 amide bonds. The minimum atomic E-state index is 0.0313. The highest BCUT2D eigenvalue weighted by Crippen LogP contribution is 2.27. The van der Waals surface area contributed by atoms with Crippen LogP contribution in [-0.4, -0.2) is 40.8 Å². The number of aromatic nitrogens is 1. The molecular weight excluding hydrogens is 362 g/mol. The molecule has 1 aromatic heterocycles. The van der Waals surface area contributed by atoms with Crippen molar-refractivity contribution in [1.82, 2.24) is 15.2 Å². The standard InChI is InChI=1S/C24H27N3O2/c1-3-23(28)26-20-10-11-21(15-20)27(2)24(29)18-7-4-16(5-8-18)19-9-6-17-12-13-25-22(17)14-19/h4-9,12-14,20-21,25H,3,10-11,15H2,1-2H3,(H,26,28)/t20-,21+/m0/s1. The molecular formula is C24H27N3O2. The molecule has 1 heterocycles. The normalized spacial score (nSPS) is 18.7. The van der Waals surface area contributed by atoms with E-state index in [1.807, 2.05) is 49.3 Å². The second kappa shape index (κ2) is 8.11. The van der Waals surface area contributed by atoms with E-state index < -0.39 is 0 Å². The van der Waals surface area contributed by atoms with Crippen LogP contribution in [0.4, 0.5) is 0 Å². The summed E-state index contributed by atoms with van der Waals surface area (Å²) in [5.74, 6) is 0.113. The van der Waals surface area contributed by atoms with Crippen LogP contribution in [0, 0.1) is 0 Å². The van der Waals surface area contributed by atoms with Gasteiger partial charge in [-0.1, -0.05) is 31.2 Å². The summed E-state index contributed by atoms with van der Waals surface area (Å²) in [5.41, 5.74) is 4.01.